The standard InChI is InChI=1S/C12H14N2O2S/c1-16-11-4-2-9(3-5-11)7-14-10(8-15)6-13-12(14)17/h2-6,15H,7-8H2,1H3,(H,13,17). The molecule has 0 unspecified atom stereocenters. The third-order valence-corrected chi connectivity index (χ3v) is 2.95. The van der Waals surface area contributed by atoms with E-state index >= 15 is 0 Å². The molecule has 0 saturated carbocycles. The van der Waals surface area contributed by atoms with Gasteiger partial charge < -0.3 is 19.4 Å². The van der Waals surface area contributed by atoms with Crippen LogP contribution in [0.4, 0.5) is 0 Å². The molecule has 0 aliphatic heterocycles. The molecule has 1 aromatic heterocycles. The van der Waals surface area contributed by atoms with E-state index in [1.807, 2.05) is 28.8 Å². The highest BCUT2D eigenvalue weighted by molar-refractivity contribution is 7.71. The van der Waals surface area contributed by atoms with E-state index in [9.17, 15) is 5.11 Å². The molecule has 0 spiro atoms. The fourth-order valence-electron chi connectivity index (χ4n) is 1.65. The van der Waals surface area contributed by atoms with Gasteiger partial charge in [-0.25, -0.2) is 0 Å². The van der Waals surface area contributed by atoms with Crippen LogP contribution in [0.5, 0.6) is 5.75 Å². The number of aromatic amines is 1. The molecule has 4 nitrogen and oxygen atoms in total. The fraction of sp³-hybridized carbons (Fsp3) is 0.250. The Labute approximate surface area is 104 Å². The lowest BCUT2D eigenvalue weighted by atomic mass is 10.2. The van der Waals surface area contributed by atoms with Crippen LogP contribution in [0.3, 0.4) is 0 Å². The number of aromatic nitrogens is 2. The first-order valence-electron chi connectivity index (χ1n) is 5.25. The molecule has 0 fully saturated rings. The highest BCUT2D eigenvalue weighted by Crippen LogP contribution is 2.13. The number of aliphatic hydroxyl groups is 1. The van der Waals surface area contributed by atoms with E-state index in [0.717, 1.165) is 17.0 Å². The number of methoxy groups -OCH3 is 1. The topological polar surface area (TPSA) is 50.2 Å². The minimum atomic E-state index is -0.0245. The third kappa shape index (κ3) is 2.57. The molecule has 0 bridgehead atoms. The Hall–Kier alpha value is -1.59. The average Bonchev–Trinajstić information content (AvgIpc) is 2.71. The van der Waals surface area contributed by atoms with Crippen LogP contribution in [0.2, 0.25) is 0 Å². The lowest BCUT2D eigenvalue weighted by Crippen LogP contribution is -2.04. The fourth-order valence-corrected chi connectivity index (χ4v) is 1.89. The van der Waals surface area contributed by atoms with Crippen molar-refractivity contribution >= 4 is 12.2 Å². The summed E-state index contributed by atoms with van der Waals surface area (Å²) in [6.07, 6.45) is 1.73. The zero-order chi connectivity index (χ0) is 12.3. The van der Waals surface area contributed by atoms with Gasteiger partial charge in [0.25, 0.3) is 0 Å². The van der Waals surface area contributed by atoms with E-state index in [2.05, 4.69) is 4.98 Å². The molecule has 0 aliphatic carbocycles. The summed E-state index contributed by atoms with van der Waals surface area (Å²) in [6, 6.07) is 7.78. The van der Waals surface area contributed by atoms with Crippen molar-refractivity contribution in [3.63, 3.8) is 0 Å². The zero-order valence-electron chi connectivity index (χ0n) is 9.51. The summed E-state index contributed by atoms with van der Waals surface area (Å²) < 4.78 is 7.59. The number of nitrogens with zero attached hydrogens (tertiary/aromatic N) is 1. The van der Waals surface area contributed by atoms with Gasteiger partial charge in [0, 0.05) is 6.20 Å². The maximum absolute atomic E-state index is 9.18. The number of hydrogen-bond donors (Lipinski definition) is 2. The zero-order valence-corrected chi connectivity index (χ0v) is 10.3. The molecule has 17 heavy (non-hydrogen) atoms. The Balaban J connectivity index is 2.24. The highest BCUT2D eigenvalue weighted by atomic mass is 32.1. The van der Waals surface area contributed by atoms with Crippen molar-refractivity contribution < 1.29 is 9.84 Å². The van der Waals surface area contributed by atoms with E-state index in [4.69, 9.17) is 17.0 Å². The van der Waals surface area contributed by atoms with Crippen LogP contribution < -0.4 is 4.74 Å². The summed E-state index contributed by atoms with van der Waals surface area (Å²) in [5, 5.41) is 9.18. The Morgan fingerprint density at radius 1 is 1.35 bits per heavy atom. The summed E-state index contributed by atoms with van der Waals surface area (Å²) in [6.45, 7) is 0.617. The molecular formula is C12H14N2O2S. The van der Waals surface area contributed by atoms with Crippen LogP contribution in [0, 0.1) is 4.77 Å². The van der Waals surface area contributed by atoms with E-state index in [1.54, 1.807) is 13.3 Å². The molecule has 90 valence electrons. The summed E-state index contributed by atoms with van der Waals surface area (Å²) in [7, 11) is 1.64. The number of rotatable bonds is 4. The predicted molar refractivity (Wildman–Crippen MR) is 67.6 cm³/mol. The Morgan fingerprint density at radius 3 is 2.65 bits per heavy atom. The van der Waals surface area contributed by atoms with Crippen LogP contribution in [-0.2, 0) is 13.2 Å². The summed E-state index contributed by atoms with van der Waals surface area (Å²) >= 11 is 5.16. The van der Waals surface area contributed by atoms with Gasteiger partial charge in [0.15, 0.2) is 4.77 Å². The van der Waals surface area contributed by atoms with E-state index < -0.39 is 0 Å². The van der Waals surface area contributed by atoms with Gasteiger partial charge in [0.2, 0.25) is 0 Å². The summed E-state index contributed by atoms with van der Waals surface area (Å²) in [5.41, 5.74) is 1.89. The van der Waals surface area contributed by atoms with Gasteiger partial charge in [-0.1, -0.05) is 12.1 Å². The molecule has 0 aliphatic rings. The van der Waals surface area contributed by atoms with Gasteiger partial charge >= 0.3 is 0 Å². The number of nitrogens with one attached hydrogen (secondary N) is 1. The maximum Gasteiger partial charge on any atom is 0.177 e. The largest absolute Gasteiger partial charge is 0.497 e. The summed E-state index contributed by atoms with van der Waals surface area (Å²) in [4.78, 5) is 2.92. The van der Waals surface area contributed by atoms with Crippen LogP contribution in [-0.4, -0.2) is 21.8 Å². The Bertz CT molecular complexity index is 542. The monoisotopic (exact) mass is 250 g/mol. The van der Waals surface area contributed by atoms with E-state index in [0.29, 0.717) is 11.3 Å². The first-order chi connectivity index (χ1) is 8.24. The molecule has 0 atom stereocenters. The van der Waals surface area contributed by atoms with Crippen molar-refractivity contribution in [2.24, 2.45) is 0 Å². The van der Waals surface area contributed by atoms with Crippen molar-refractivity contribution in [2.75, 3.05) is 7.11 Å². The lowest BCUT2D eigenvalue weighted by Gasteiger charge is -2.07. The van der Waals surface area contributed by atoms with Gasteiger partial charge in [-0.05, 0) is 29.9 Å². The first-order valence-corrected chi connectivity index (χ1v) is 5.66. The number of hydrogen-bond acceptors (Lipinski definition) is 3. The Morgan fingerprint density at radius 2 is 2.06 bits per heavy atom. The van der Waals surface area contributed by atoms with Gasteiger partial charge in [-0.2, -0.15) is 0 Å². The molecule has 0 radical (unpaired) electrons. The number of benzene rings is 1. The van der Waals surface area contributed by atoms with Gasteiger partial charge in [-0.3, -0.25) is 0 Å². The number of imidazole rings is 1. The van der Waals surface area contributed by atoms with E-state index in [-0.39, 0.29) is 6.61 Å². The molecule has 1 heterocycles. The average molecular weight is 250 g/mol. The van der Waals surface area contributed by atoms with Crippen molar-refractivity contribution in [1.82, 2.24) is 9.55 Å². The molecule has 2 aromatic rings. The van der Waals surface area contributed by atoms with Crippen LogP contribution in [0.25, 0.3) is 0 Å². The third-order valence-electron chi connectivity index (χ3n) is 2.62. The second-order valence-electron chi connectivity index (χ2n) is 3.68. The minimum Gasteiger partial charge on any atom is -0.497 e. The van der Waals surface area contributed by atoms with Crippen molar-refractivity contribution in [2.45, 2.75) is 13.2 Å². The first kappa shape index (κ1) is 11.9. The van der Waals surface area contributed by atoms with Gasteiger partial charge in [0.05, 0.1) is 26.0 Å². The molecule has 2 N–H and O–H groups in total. The second-order valence-corrected chi connectivity index (χ2v) is 4.06. The SMILES string of the molecule is COc1ccc(Cn2c(CO)c[nH]c2=S)cc1. The predicted octanol–water partition coefficient (Wildman–Crippen LogP) is 2.09. The van der Waals surface area contributed by atoms with Crippen LogP contribution >= 0.6 is 12.2 Å². The number of ether oxygens (including phenoxy) is 1. The quantitative estimate of drug-likeness (QED) is 0.817. The smallest absolute Gasteiger partial charge is 0.177 e. The molecular weight excluding hydrogens is 236 g/mol. The second kappa shape index (κ2) is 5.16. The Kier molecular flexibility index (Phi) is 3.61. The van der Waals surface area contributed by atoms with Gasteiger partial charge in [-0.15, -0.1) is 0 Å². The molecule has 5 heteroatoms. The molecule has 0 saturated heterocycles. The minimum absolute atomic E-state index is 0.0245. The van der Waals surface area contributed by atoms with Gasteiger partial charge in [0.1, 0.15) is 5.75 Å². The van der Waals surface area contributed by atoms with Crippen LogP contribution in [0.15, 0.2) is 30.5 Å². The van der Waals surface area contributed by atoms with E-state index in [1.165, 1.54) is 0 Å². The van der Waals surface area contributed by atoms with Crippen molar-refractivity contribution in [3.05, 3.63) is 46.5 Å². The lowest BCUT2D eigenvalue weighted by molar-refractivity contribution is 0.271. The maximum atomic E-state index is 9.18. The van der Waals surface area contributed by atoms with Crippen LogP contribution in [0.1, 0.15) is 11.3 Å². The number of aliphatic hydroxyl groups excluding tert-OH is 1. The molecule has 2 rings (SSSR count). The van der Waals surface area contributed by atoms with Crippen molar-refractivity contribution in [1.29, 1.82) is 0 Å². The molecule has 1 aromatic carbocycles. The number of H-pyrrole nitrogens is 1. The summed E-state index contributed by atoms with van der Waals surface area (Å²) in [5.74, 6) is 0.828. The molecule has 0 amide bonds. The normalized spacial score (nSPS) is 10.5. The van der Waals surface area contributed by atoms with Crippen molar-refractivity contribution in [3.8, 4) is 5.75 Å². The highest BCUT2D eigenvalue weighted by Gasteiger charge is 2.03.